The SMILES string of the molecule is CCCCc1ccc(OCC(C)(C)CS(N)(=O)=O)cc1. The summed E-state index contributed by atoms with van der Waals surface area (Å²) in [7, 11) is -3.48. The molecule has 20 heavy (non-hydrogen) atoms. The van der Waals surface area contributed by atoms with E-state index in [1.807, 2.05) is 26.0 Å². The molecule has 0 heterocycles. The van der Waals surface area contributed by atoms with E-state index >= 15 is 0 Å². The minimum Gasteiger partial charge on any atom is -0.493 e. The molecular formula is C15H25NO3S. The molecule has 0 aliphatic heterocycles. The normalized spacial score (nSPS) is 12.4. The maximum atomic E-state index is 11.1. The van der Waals surface area contributed by atoms with Gasteiger partial charge in [0, 0.05) is 5.41 Å². The number of unbranched alkanes of at least 4 members (excludes halogenated alkanes) is 1. The van der Waals surface area contributed by atoms with Crippen LogP contribution in [0, 0.1) is 5.41 Å². The summed E-state index contributed by atoms with van der Waals surface area (Å²) in [5.74, 6) is 0.668. The van der Waals surface area contributed by atoms with Crippen LogP contribution >= 0.6 is 0 Å². The second-order valence-electron chi connectivity index (χ2n) is 6.01. The molecule has 0 aliphatic rings. The summed E-state index contributed by atoms with van der Waals surface area (Å²) in [4.78, 5) is 0. The van der Waals surface area contributed by atoms with Gasteiger partial charge in [-0.25, -0.2) is 13.6 Å². The minimum absolute atomic E-state index is 0.0887. The third-order valence-corrected chi connectivity index (χ3v) is 4.15. The van der Waals surface area contributed by atoms with E-state index in [0.717, 1.165) is 12.2 Å². The van der Waals surface area contributed by atoms with Crippen LogP contribution in [0.5, 0.6) is 5.75 Å². The highest BCUT2D eigenvalue weighted by Crippen LogP contribution is 2.20. The summed E-state index contributed by atoms with van der Waals surface area (Å²) in [6.45, 7) is 6.14. The highest BCUT2D eigenvalue weighted by Gasteiger charge is 2.24. The van der Waals surface area contributed by atoms with Crippen LogP contribution in [0.2, 0.25) is 0 Å². The Labute approximate surface area is 122 Å². The standard InChI is InChI=1S/C15H25NO3S/c1-4-5-6-13-7-9-14(10-8-13)19-11-15(2,3)12-20(16,17)18/h7-10H,4-6,11-12H2,1-3H3,(H2,16,17,18). The quantitative estimate of drug-likeness (QED) is 0.802. The Bertz CT molecular complexity index is 506. The van der Waals surface area contributed by atoms with Gasteiger partial charge in [-0.05, 0) is 30.5 Å². The summed E-state index contributed by atoms with van der Waals surface area (Å²) in [6.07, 6.45) is 3.44. The van der Waals surface area contributed by atoms with Gasteiger partial charge in [0.15, 0.2) is 0 Å². The van der Waals surface area contributed by atoms with Gasteiger partial charge in [-0.1, -0.05) is 39.3 Å². The summed E-state index contributed by atoms with van der Waals surface area (Å²) in [5.41, 5.74) is 0.789. The van der Waals surface area contributed by atoms with Crippen molar-refractivity contribution in [3.05, 3.63) is 29.8 Å². The number of hydrogen-bond donors (Lipinski definition) is 1. The highest BCUT2D eigenvalue weighted by molar-refractivity contribution is 7.89. The molecule has 0 amide bonds. The number of nitrogens with two attached hydrogens (primary N) is 1. The molecule has 0 bridgehead atoms. The van der Waals surface area contributed by atoms with Crippen LogP contribution in [0.25, 0.3) is 0 Å². The maximum absolute atomic E-state index is 11.1. The van der Waals surface area contributed by atoms with Gasteiger partial charge in [-0.15, -0.1) is 0 Å². The van der Waals surface area contributed by atoms with E-state index in [-0.39, 0.29) is 5.75 Å². The minimum atomic E-state index is -3.48. The fourth-order valence-corrected chi connectivity index (χ4v) is 3.17. The van der Waals surface area contributed by atoms with Gasteiger partial charge in [0.1, 0.15) is 5.75 Å². The van der Waals surface area contributed by atoms with Crippen LogP contribution in [-0.2, 0) is 16.4 Å². The van der Waals surface area contributed by atoms with Crippen LogP contribution < -0.4 is 9.88 Å². The van der Waals surface area contributed by atoms with E-state index in [1.54, 1.807) is 0 Å². The predicted octanol–water partition coefficient (Wildman–Crippen LogP) is 2.72. The zero-order chi connectivity index (χ0) is 15.2. The first kappa shape index (κ1) is 17.0. The Balaban J connectivity index is 2.53. The van der Waals surface area contributed by atoms with Crippen LogP contribution in [-0.4, -0.2) is 20.8 Å². The van der Waals surface area contributed by atoms with E-state index < -0.39 is 15.4 Å². The summed E-state index contributed by atoms with van der Waals surface area (Å²) >= 11 is 0. The van der Waals surface area contributed by atoms with Crippen molar-refractivity contribution in [3.63, 3.8) is 0 Å². The number of aryl methyl sites for hydroxylation is 1. The molecule has 0 radical (unpaired) electrons. The third kappa shape index (κ3) is 6.91. The van der Waals surface area contributed by atoms with Crippen molar-refractivity contribution >= 4 is 10.0 Å². The average Bonchev–Trinajstić information content (AvgIpc) is 2.32. The largest absolute Gasteiger partial charge is 0.493 e. The van der Waals surface area contributed by atoms with Gasteiger partial charge < -0.3 is 4.74 Å². The number of ether oxygens (including phenoxy) is 1. The zero-order valence-electron chi connectivity index (χ0n) is 12.6. The molecular weight excluding hydrogens is 274 g/mol. The van der Waals surface area contributed by atoms with Gasteiger partial charge in [0.25, 0.3) is 0 Å². The number of hydrogen-bond acceptors (Lipinski definition) is 3. The maximum Gasteiger partial charge on any atom is 0.209 e. The van der Waals surface area contributed by atoms with Crippen molar-refractivity contribution < 1.29 is 13.2 Å². The first-order chi connectivity index (χ1) is 9.22. The van der Waals surface area contributed by atoms with E-state index in [1.165, 1.54) is 18.4 Å². The molecule has 0 atom stereocenters. The molecule has 114 valence electrons. The Morgan fingerprint density at radius 2 is 1.80 bits per heavy atom. The molecule has 2 N–H and O–H groups in total. The Morgan fingerprint density at radius 1 is 1.20 bits per heavy atom. The van der Waals surface area contributed by atoms with Gasteiger partial charge in [0.2, 0.25) is 10.0 Å². The first-order valence-electron chi connectivity index (χ1n) is 6.94. The van der Waals surface area contributed by atoms with Crippen molar-refractivity contribution in [1.29, 1.82) is 0 Å². The number of primary sulfonamides is 1. The number of sulfonamides is 1. The Morgan fingerprint density at radius 3 is 2.30 bits per heavy atom. The molecule has 0 spiro atoms. The fraction of sp³-hybridized carbons (Fsp3) is 0.600. The average molecular weight is 299 g/mol. The van der Waals surface area contributed by atoms with E-state index in [0.29, 0.717) is 6.61 Å². The number of benzene rings is 1. The molecule has 0 aromatic heterocycles. The molecule has 0 saturated carbocycles. The summed E-state index contributed by atoms with van der Waals surface area (Å²) < 4.78 is 27.9. The van der Waals surface area contributed by atoms with E-state index in [2.05, 4.69) is 19.1 Å². The lowest BCUT2D eigenvalue weighted by Crippen LogP contribution is -2.33. The molecule has 0 unspecified atom stereocenters. The fourth-order valence-electron chi connectivity index (χ4n) is 2.00. The van der Waals surface area contributed by atoms with Gasteiger partial charge in [0.05, 0.1) is 12.4 Å². The molecule has 0 saturated heterocycles. The zero-order valence-corrected chi connectivity index (χ0v) is 13.4. The topological polar surface area (TPSA) is 69.4 Å². The molecule has 1 rings (SSSR count). The molecule has 1 aromatic carbocycles. The summed E-state index contributed by atoms with van der Waals surface area (Å²) in [6, 6.07) is 7.96. The van der Waals surface area contributed by atoms with Crippen molar-refractivity contribution in [2.75, 3.05) is 12.4 Å². The smallest absolute Gasteiger partial charge is 0.209 e. The van der Waals surface area contributed by atoms with Crippen molar-refractivity contribution in [2.45, 2.75) is 40.0 Å². The van der Waals surface area contributed by atoms with Crippen LogP contribution in [0.15, 0.2) is 24.3 Å². The van der Waals surface area contributed by atoms with Gasteiger partial charge in [-0.2, -0.15) is 0 Å². The predicted molar refractivity (Wildman–Crippen MR) is 82.3 cm³/mol. The summed E-state index contributed by atoms with van der Waals surface area (Å²) in [5, 5.41) is 5.07. The van der Waals surface area contributed by atoms with E-state index in [9.17, 15) is 8.42 Å². The van der Waals surface area contributed by atoms with Crippen LogP contribution in [0.1, 0.15) is 39.2 Å². The van der Waals surface area contributed by atoms with Crippen molar-refractivity contribution in [2.24, 2.45) is 10.6 Å². The molecule has 0 aliphatic carbocycles. The lowest BCUT2D eigenvalue weighted by molar-refractivity contribution is 0.200. The second-order valence-corrected chi connectivity index (χ2v) is 7.62. The highest BCUT2D eigenvalue weighted by atomic mass is 32.2. The van der Waals surface area contributed by atoms with Crippen molar-refractivity contribution in [3.8, 4) is 5.75 Å². The first-order valence-corrected chi connectivity index (χ1v) is 8.66. The van der Waals surface area contributed by atoms with Gasteiger partial charge >= 0.3 is 0 Å². The van der Waals surface area contributed by atoms with Gasteiger partial charge in [-0.3, -0.25) is 0 Å². The molecule has 5 heteroatoms. The lowest BCUT2D eigenvalue weighted by Gasteiger charge is -2.23. The van der Waals surface area contributed by atoms with E-state index in [4.69, 9.17) is 9.88 Å². The monoisotopic (exact) mass is 299 g/mol. The lowest BCUT2D eigenvalue weighted by atomic mass is 9.98. The Kier molecular flexibility index (Phi) is 6.02. The van der Waals surface area contributed by atoms with Crippen molar-refractivity contribution in [1.82, 2.24) is 0 Å². The molecule has 0 fully saturated rings. The number of rotatable bonds is 8. The second kappa shape index (κ2) is 7.09. The van der Waals surface area contributed by atoms with Crippen LogP contribution in [0.3, 0.4) is 0 Å². The molecule has 4 nitrogen and oxygen atoms in total. The molecule has 1 aromatic rings. The third-order valence-electron chi connectivity index (χ3n) is 2.96. The van der Waals surface area contributed by atoms with Crippen LogP contribution in [0.4, 0.5) is 0 Å². The Hall–Kier alpha value is -1.07.